The zero-order valence-corrected chi connectivity index (χ0v) is 14.9. The molecule has 2 aromatic heterocycles. The molecule has 2 atom stereocenters. The van der Waals surface area contributed by atoms with Crippen molar-refractivity contribution < 1.29 is 19.8 Å². The van der Waals surface area contributed by atoms with Crippen LogP contribution in [-0.4, -0.2) is 44.7 Å². The number of carboxylic acids is 2. The molecule has 134 valence electrons. The van der Waals surface area contributed by atoms with Gasteiger partial charge in [0.05, 0.1) is 5.69 Å². The van der Waals surface area contributed by atoms with Gasteiger partial charge in [0, 0.05) is 29.9 Å². The minimum Gasteiger partial charge on any atom is -0.481 e. The van der Waals surface area contributed by atoms with Gasteiger partial charge in [-0.3, -0.25) is 14.6 Å². The molecule has 3 N–H and O–H groups in total. The van der Waals surface area contributed by atoms with E-state index in [1.54, 1.807) is 29.9 Å². The number of nitrogens with one attached hydrogen (secondary N) is 1. The highest BCUT2D eigenvalue weighted by Gasteiger charge is 2.26. The van der Waals surface area contributed by atoms with E-state index in [-0.39, 0.29) is 12.5 Å². The topological polar surface area (TPSA) is 112 Å². The van der Waals surface area contributed by atoms with E-state index in [9.17, 15) is 19.8 Å². The smallest absolute Gasteiger partial charge is 0.320 e. The Balaban J connectivity index is 2.12. The highest BCUT2D eigenvalue weighted by Crippen LogP contribution is 2.26. The van der Waals surface area contributed by atoms with Gasteiger partial charge in [0.1, 0.15) is 17.0 Å². The van der Waals surface area contributed by atoms with Crippen molar-refractivity contribution in [3.63, 3.8) is 0 Å². The lowest BCUT2D eigenvalue weighted by molar-refractivity contribution is -0.142. The van der Waals surface area contributed by atoms with Crippen LogP contribution in [0.1, 0.15) is 31.9 Å². The molecule has 0 aliphatic heterocycles. The van der Waals surface area contributed by atoms with Crippen molar-refractivity contribution in [2.75, 3.05) is 6.54 Å². The van der Waals surface area contributed by atoms with Crippen LogP contribution in [0.4, 0.5) is 0 Å². The molecule has 0 fully saturated rings. The number of thiazole rings is 1. The fourth-order valence-corrected chi connectivity index (χ4v) is 3.27. The standard InChI is InChI=1S/C17H21N3O4S/c1-10(2)7-13(17(23)24)19-8-12(16(21)22)14-9-25-15(20-14)11-3-5-18-6-4-11/h3-6,9-10,12-13,19H,7-8H2,1-2H3,(H,21,22)(H,23,24). The van der Waals surface area contributed by atoms with Crippen molar-refractivity contribution in [1.29, 1.82) is 0 Å². The van der Waals surface area contributed by atoms with Crippen molar-refractivity contribution in [3.8, 4) is 10.6 Å². The molecule has 7 nitrogen and oxygen atoms in total. The summed E-state index contributed by atoms with van der Waals surface area (Å²) in [5.74, 6) is -2.73. The molecule has 0 aromatic carbocycles. The minimum atomic E-state index is -1.03. The number of hydrogen-bond acceptors (Lipinski definition) is 6. The maximum atomic E-state index is 11.6. The molecule has 25 heavy (non-hydrogen) atoms. The summed E-state index contributed by atoms with van der Waals surface area (Å²) in [5, 5.41) is 24.0. The number of carboxylic acid groups (broad SMARTS) is 2. The Morgan fingerprint density at radius 2 is 1.88 bits per heavy atom. The van der Waals surface area contributed by atoms with Crippen molar-refractivity contribution in [2.45, 2.75) is 32.2 Å². The van der Waals surface area contributed by atoms with Gasteiger partial charge in [-0.25, -0.2) is 4.98 Å². The quantitative estimate of drug-likeness (QED) is 0.627. The third kappa shape index (κ3) is 5.33. The first-order valence-electron chi connectivity index (χ1n) is 7.93. The molecule has 0 saturated heterocycles. The van der Waals surface area contributed by atoms with Gasteiger partial charge in [-0.2, -0.15) is 0 Å². The molecule has 0 aliphatic carbocycles. The number of nitrogens with zero attached hydrogens (tertiary/aromatic N) is 2. The van der Waals surface area contributed by atoms with Gasteiger partial charge in [0.15, 0.2) is 0 Å². The van der Waals surface area contributed by atoms with Crippen molar-refractivity contribution in [2.24, 2.45) is 5.92 Å². The van der Waals surface area contributed by atoms with Gasteiger partial charge >= 0.3 is 11.9 Å². The van der Waals surface area contributed by atoms with Crippen LogP contribution in [0.5, 0.6) is 0 Å². The monoisotopic (exact) mass is 363 g/mol. The van der Waals surface area contributed by atoms with Crippen LogP contribution in [0, 0.1) is 5.92 Å². The Morgan fingerprint density at radius 1 is 1.20 bits per heavy atom. The number of carbonyl (C=O) groups is 2. The van der Waals surface area contributed by atoms with Crippen molar-refractivity contribution in [1.82, 2.24) is 15.3 Å². The van der Waals surface area contributed by atoms with Crippen molar-refractivity contribution >= 4 is 23.3 Å². The van der Waals surface area contributed by atoms with E-state index in [1.807, 2.05) is 13.8 Å². The Labute approximate surface area is 149 Å². The lowest BCUT2D eigenvalue weighted by Crippen LogP contribution is -2.41. The minimum absolute atomic E-state index is 0.0124. The molecular weight excluding hydrogens is 342 g/mol. The zero-order chi connectivity index (χ0) is 18.4. The van der Waals surface area contributed by atoms with Crippen LogP contribution < -0.4 is 5.32 Å². The summed E-state index contributed by atoms with van der Waals surface area (Å²) in [6.45, 7) is 3.86. The van der Waals surface area contributed by atoms with E-state index < -0.39 is 23.9 Å². The summed E-state index contributed by atoms with van der Waals surface area (Å²) in [7, 11) is 0. The number of aromatic nitrogens is 2. The third-order valence-corrected chi connectivity index (χ3v) is 4.59. The number of pyridine rings is 1. The largest absolute Gasteiger partial charge is 0.481 e. The fraction of sp³-hybridized carbons (Fsp3) is 0.412. The van der Waals surface area contributed by atoms with Crippen LogP contribution in [0.15, 0.2) is 29.9 Å². The fourth-order valence-electron chi connectivity index (χ4n) is 2.39. The first kappa shape index (κ1) is 19.0. The normalized spacial score (nSPS) is 13.6. The number of rotatable bonds is 9. The first-order chi connectivity index (χ1) is 11.9. The van der Waals surface area contributed by atoms with E-state index >= 15 is 0 Å². The second-order valence-corrected chi connectivity index (χ2v) is 6.99. The van der Waals surface area contributed by atoms with Gasteiger partial charge in [-0.05, 0) is 24.5 Å². The molecule has 0 spiro atoms. The number of hydrogen-bond donors (Lipinski definition) is 3. The molecule has 8 heteroatoms. The average molecular weight is 363 g/mol. The molecule has 0 radical (unpaired) electrons. The molecule has 0 aliphatic rings. The molecule has 2 heterocycles. The first-order valence-corrected chi connectivity index (χ1v) is 8.81. The molecule has 2 unspecified atom stereocenters. The van der Waals surface area contributed by atoms with E-state index in [4.69, 9.17) is 0 Å². The summed E-state index contributed by atoms with van der Waals surface area (Å²) in [6.07, 6.45) is 3.73. The number of aliphatic carboxylic acids is 2. The Hall–Kier alpha value is -2.32. The van der Waals surface area contributed by atoms with E-state index in [1.165, 1.54) is 11.3 Å². The molecule has 0 amide bonds. The predicted molar refractivity (Wildman–Crippen MR) is 94.6 cm³/mol. The lowest BCUT2D eigenvalue weighted by atomic mass is 10.0. The van der Waals surface area contributed by atoms with E-state index in [0.29, 0.717) is 17.1 Å². The second kappa shape index (κ2) is 8.68. The molecule has 0 saturated carbocycles. The molecule has 0 bridgehead atoms. The highest BCUT2D eigenvalue weighted by atomic mass is 32.1. The third-order valence-electron chi connectivity index (χ3n) is 3.68. The maximum absolute atomic E-state index is 11.6. The summed E-state index contributed by atoms with van der Waals surface area (Å²) in [5.41, 5.74) is 1.29. The zero-order valence-electron chi connectivity index (χ0n) is 14.0. The van der Waals surface area contributed by atoms with Crippen molar-refractivity contribution in [3.05, 3.63) is 35.6 Å². The van der Waals surface area contributed by atoms with Crippen LogP contribution in [0.2, 0.25) is 0 Å². The second-order valence-electron chi connectivity index (χ2n) is 6.13. The van der Waals surface area contributed by atoms with Gasteiger partial charge in [0.25, 0.3) is 0 Å². The molecule has 2 rings (SSSR count). The highest BCUT2D eigenvalue weighted by molar-refractivity contribution is 7.13. The van der Waals surface area contributed by atoms with Crippen LogP contribution in [-0.2, 0) is 9.59 Å². The van der Waals surface area contributed by atoms with Crippen LogP contribution in [0.25, 0.3) is 10.6 Å². The van der Waals surface area contributed by atoms with Crippen LogP contribution >= 0.6 is 11.3 Å². The Morgan fingerprint density at radius 3 is 2.44 bits per heavy atom. The molecular formula is C17H21N3O4S. The summed E-state index contributed by atoms with van der Waals surface area (Å²) in [4.78, 5) is 31.3. The van der Waals surface area contributed by atoms with E-state index in [0.717, 1.165) is 5.56 Å². The van der Waals surface area contributed by atoms with E-state index in [2.05, 4.69) is 15.3 Å². The summed E-state index contributed by atoms with van der Waals surface area (Å²) >= 11 is 1.35. The molecule has 2 aromatic rings. The van der Waals surface area contributed by atoms with Gasteiger partial charge in [-0.15, -0.1) is 11.3 Å². The maximum Gasteiger partial charge on any atom is 0.320 e. The predicted octanol–water partition coefficient (Wildman–Crippen LogP) is 2.46. The lowest BCUT2D eigenvalue weighted by Gasteiger charge is -2.18. The Kier molecular flexibility index (Phi) is 6.60. The Bertz CT molecular complexity index is 718. The van der Waals surface area contributed by atoms with Gasteiger partial charge < -0.3 is 15.5 Å². The summed E-state index contributed by atoms with van der Waals surface area (Å²) in [6, 6.07) is 2.83. The van der Waals surface area contributed by atoms with Gasteiger partial charge in [0.2, 0.25) is 0 Å². The SMILES string of the molecule is CC(C)CC(NCC(C(=O)O)c1csc(-c2ccncc2)n1)C(=O)O. The van der Waals surface area contributed by atoms with Crippen LogP contribution in [0.3, 0.4) is 0 Å². The summed E-state index contributed by atoms with van der Waals surface area (Å²) < 4.78 is 0. The average Bonchev–Trinajstić information content (AvgIpc) is 3.03. The van der Waals surface area contributed by atoms with Gasteiger partial charge in [-0.1, -0.05) is 13.8 Å².